The monoisotopic (exact) mass is 266 g/mol. The number of hydrogen-bond donors (Lipinski definition) is 1. The third-order valence-electron chi connectivity index (χ3n) is 3.37. The summed E-state index contributed by atoms with van der Waals surface area (Å²) in [7, 11) is 0. The Kier molecular flexibility index (Phi) is 4.49. The maximum Gasteiger partial charge on any atom is 0.165 e. The van der Waals surface area contributed by atoms with Gasteiger partial charge in [-0.25, -0.2) is 0 Å². The Balaban J connectivity index is 2.09. The predicted octanol–water partition coefficient (Wildman–Crippen LogP) is 3.64. The van der Waals surface area contributed by atoms with Crippen molar-refractivity contribution >= 4 is 11.4 Å². The molecule has 1 unspecified atom stereocenters. The molecule has 0 heterocycles. The van der Waals surface area contributed by atoms with Gasteiger partial charge in [0, 0.05) is 12.0 Å². The molecular formula is C18H18O2. The molecule has 2 aromatic rings. The van der Waals surface area contributed by atoms with Gasteiger partial charge in [-0.05, 0) is 23.6 Å². The molecule has 0 amide bonds. The van der Waals surface area contributed by atoms with Crippen LogP contribution >= 0.6 is 0 Å². The number of aryl methyl sites for hydroxylation is 1. The summed E-state index contributed by atoms with van der Waals surface area (Å²) >= 11 is 0. The zero-order chi connectivity index (χ0) is 14.5. The number of aliphatic hydroxyl groups excluding tert-OH is 1. The zero-order valence-electron chi connectivity index (χ0n) is 11.5. The molecule has 2 aromatic carbocycles. The first-order chi connectivity index (χ1) is 9.59. The number of ketones is 1. The SMILES string of the molecule is C=C(c1ccccc1C)C(O)CC(=O)c1ccccc1. The Labute approximate surface area is 119 Å². The third-order valence-corrected chi connectivity index (χ3v) is 3.37. The number of hydrogen-bond acceptors (Lipinski definition) is 2. The van der Waals surface area contributed by atoms with Crippen LogP contribution in [0, 0.1) is 6.92 Å². The fraction of sp³-hybridized carbons (Fsp3) is 0.167. The van der Waals surface area contributed by atoms with E-state index in [0.717, 1.165) is 11.1 Å². The second-order valence-corrected chi connectivity index (χ2v) is 4.85. The first-order valence-electron chi connectivity index (χ1n) is 6.60. The van der Waals surface area contributed by atoms with E-state index in [-0.39, 0.29) is 12.2 Å². The Morgan fingerprint density at radius 3 is 2.35 bits per heavy atom. The van der Waals surface area contributed by atoms with Crippen LogP contribution in [0.1, 0.15) is 27.9 Å². The lowest BCUT2D eigenvalue weighted by atomic mass is 9.94. The van der Waals surface area contributed by atoms with Crippen LogP contribution < -0.4 is 0 Å². The van der Waals surface area contributed by atoms with Gasteiger partial charge in [-0.2, -0.15) is 0 Å². The largest absolute Gasteiger partial charge is 0.388 e. The van der Waals surface area contributed by atoms with Crippen molar-refractivity contribution in [3.8, 4) is 0 Å². The molecule has 0 fully saturated rings. The van der Waals surface area contributed by atoms with Crippen LogP contribution in [0.3, 0.4) is 0 Å². The quantitative estimate of drug-likeness (QED) is 0.839. The van der Waals surface area contributed by atoms with Crippen molar-refractivity contribution in [3.05, 3.63) is 77.9 Å². The van der Waals surface area contributed by atoms with Gasteiger partial charge in [0.1, 0.15) is 0 Å². The minimum Gasteiger partial charge on any atom is -0.388 e. The Morgan fingerprint density at radius 1 is 1.10 bits per heavy atom. The summed E-state index contributed by atoms with van der Waals surface area (Å²) in [5.74, 6) is -0.0761. The molecule has 0 spiro atoms. The van der Waals surface area contributed by atoms with Crippen LogP contribution in [-0.2, 0) is 0 Å². The molecule has 0 aliphatic rings. The van der Waals surface area contributed by atoms with Gasteiger partial charge in [-0.3, -0.25) is 4.79 Å². The van der Waals surface area contributed by atoms with Crippen molar-refractivity contribution < 1.29 is 9.90 Å². The number of carbonyl (C=O) groups excluding carboxylic acids is 1. The summed E-state index contributed by atoms with van der Waals surface area (Å²) in [5.41, 5.74) is 3.15. The fourth-order valence-corrected chi connectivity index (χ4v) is 2.15. The number of benzene rings is 2. The Bertz CT molecular complexity index is 614. The normalized spacial score (nSPS) is 11.9. The van der Waals surface area contributed by atoms with E-state index in [9.17, 15) is 9.90 Å². The highest BCUT2D eigenvalue weighted by molar-refractivity contribution is 5.97. The van der Waals surface area contributed by atoms with Crippen LogP contribution in [-0.4, -0.2) is 17.0 Å². The molecular weight excluding hydrogens is 248 g/mol. The van der Waals surface area contributed by atoms with Crippen molar-refractivity contribution in [1.82, 2.24) is 0 Å². The van der Waals surface area contributed by atoms with E-state index in [4.69, 9.17) is 0 Å². The number of Topliss-reactive ketones (excluding diaryl/α,β-unsaturated/α-hetero) is 1. The molecule has 1 atom stereocenters. The van der Waals surface area contributed by atoms with Gasteiger partial charge in [-0.15, -0.1) is 0 Å². The Morgan fingerprint density at radius 2 is 1.70 bits per heavy atom. The van der Waals surface area contributed by atoms with Crippen molar-refractivity contribution in [2.45, 2.75) is 19.4 Å². The fourth-order valence-electron chi connectivity index (χ4n) is 2.15. The van der Waals surface area contributed by atoms with Crippen LogP contribution in [0.25, 0.3) is 5.57 Å². The second kappa shape index (κ2) is 6.31. The molecule has 0 bridgehead atoms. The summed E-state index contributed by atoms with van der Waals surface area (Å²) in [5, 5.41) is 10.2. The van der Waals surface area contributed by atoms with E-state index < -0.39 is 6.10 Å². The first-order valence-corrected chi connectivity index (χ1v) is 6.60. The molecule has 2 rings (SSSR count). The molecule has 0 saturated heterocycles. The Hall–Kier alpha value is -2.19. The average Bonchev–Trinajstić information content (AvgIpc) is 2.48. The maximum atomic E-state index is 12.1. The molecule has 2 nitrogen and oxygen atoms in total. The first kappa shape index (κ1) is 14.2. The van der Waals surface area contributed by atoms with Crippen LogP contribution in [0.15, 0.2) is 61.2 Å². The molecule has 0 aromatic heterocycles. The lowest BCUT2D eigenvalue weighted by molar-refractivity contribution is 0.0928. The maximum absolute atomic E-state index is 12.1. The number of rotatable bonds is 5. The molecule has 102 valence electrons. The number of carbonyl (C=O) groups is 1. The summed E-state index contributed by atoms with van der Waals surface area (Å²) < 4.78 is 0. The van der Waals surface area contributed by atoms with E-state index in [1.807, 2.05) is 49.4 Å². The summed E-state index contributed by atoms with van der Waals surface area (Å²) in [6, 6.07) is 16.7. The summed E-state index contributed by atoms with van der Waals surface area (Å²) in [6.45, 7) is 5.89. The minimum absolute atomic E-state index is 0.0528. The van der Waals surface area contributed by atoms with E-state index in [1.54, 1.807) is 12.1 Å². The van der Waals surface area contributed by atoms with Gasteiger partial charge >= 0.3 is 0 Å². The smallest absolute Gasteiger partial charge is 0.165 e. The summed E-state index contributed by atoms with van der Waals surface area (Å²) in [6.07, 6.45) is -0.805. The average molecular weight is 266 g/mol. The van der Waals surface area contributed by atoms with E-state index in [2.05, 4.69) is 6.58 Å². The van der Waals surface area contributed by atoms with E-state index in [1.165, 1.54) is 0 Å². The van der Waals surface area contributed by atoms with Crippen LogP contribution in [0.5, 0.6) is 0 Å². The molecule has 0 radical (unpaired) electrons. The molecule has 1 N–H and O–H groups in total. The van der Waals surface area contributed by atoms with E-state index in [0.29, 0.717) is 11.1 Å². The van der Waals surface area contributed by atoms with Crippen molar-refractivity contribution in [2.24, 2.45) is 0 Å². The van der Waals surface area contributed by atoms with E-state index >= 15 is 0 Å². The lowest BCUT2D eigenvalue weighted by Gasteiger charge is -2.15. The minimum atomic E-state index is -0.858. The van der Waals surface area contributed by atoms with Gasteiger partial charge in [-0.1, -0.05) is 61.2 Å². The van der Waals surface area contributed by atoms with Crippen LogP contribution in [0.2, 0.25) is 0 Å². The van der Waals surface area contributed by atoms with Crippen LogP contribution in [0.4, 0.5) is 0 Å². The highest BCUT2D eigenvalue weighted by atomic mass is 16.3. The highest BCUT2D eigenvalue weighted by Crippen LogP contribution is 2.22. The zero-order valence-corrected chi connectivity index (χ0v) is 11.5. The predicted molar refractivity (Wildman–Crippen MR) is 81.6 cm³/mol. The highest BCUT2D eigenvalue weighted by Gasteiger charge is 2.17. The van der Waals surface area contributed by atoms with Crippen molar-refractivity contribution in [2.75, 3.05) is 0 Å². The molecule has 0 aliphatic carbocycles. The van der Waals surface area contributed by atoms with Gasteiger partial charge in [0.25, 0.3) is 0 Å². The lowest BCUT2D eigenvalue weighted by Crippen LogP contribution is -2.15. The van der Waals surface area contributed by atoms with Crippen molar-refractivity contribution in [3.63, 3.8) is 0 Å². The third kappa shape index (κ3) is 3.22. The van der Waals surface area contributed by atoms with Crippen molar-refractivity contribution in [1.29, 1.82) is 0 Å². The molecule has 0 aliphatic heterocycles. The van der Waals surface area contributed by atoms with Gasteiger partial charge in [0.2, 0.25) is 0 Å². The summed E-state index contributed by atoms with van der Waals surface area (Å²) in [4.78, 5) is 12.1. The molecule has 20 heavy (non-hydrogen) atoms. The standard InChI is InChI=1S/C18H18O2/c1-13-8-6-7-11-16(13)14(2)17(19)12-18(20)15-9-4-3-5-10-15/h3-11,17,19H,2,12H2,1H3. The topological polar surface area (TPSA) is 37.3 Å². The number of aliphatic hydroxyl groups is 1. The van der Waals surface area contributed by atoms with Gasteiger partial charge in [0.05, 0.1) is 6.10 Å². The molecule has 0 saturated carbocycles. The molecule has 2 heteroatoms. The second-order valence-electron chi connectivity index (χ2n) is 4.85. The van der Waals surface area contributed by atoms with Gasteiger partial charge in [0.15, 0.2) is 5.78 Å². The van der Waals surface area contributed by atoms with Gasteiger partial charge < -0.3 is 5.11 Å².